The molecule has 1 aliphatic rings. The first kappa shape index (κ1) is 15.9. The zero-order chi connectivity index (χ0) is 16.2. The van der Waals surface area contributed by atoms with Gasteiger partial charge in [0.05, 0.1) is 5.92 Å². The van der Waals surface area contributed by atoms with Gasteiger partial charge >= 0.3 is 0 Å². The van der Waals surface area contributed by atoms with E-state index in [0.717, 1.165) is 31.2 Å². The summed E-state index contributed by atoms with van der Waals surface area (Å²) in [7, 11) is 0. The minimum Gasteiger partial charge on any atom is -0.301 e. The second-order valence-corrected chi connectivity index (χ2v) is 6.94. The van der Waals surface area contributed by atoms with Crippen molar-refractivity contribution < 1.29 is 9.59 Å². The molecule has 0 unspecified atom stereocenters. The molecule has 1 N–H and O–H groups in total. The Morgan fingerprint density at radius 1 is 1.39 bits per heavy atom. The lowest BCUT2D eigenvalue weighted by atomic mass is 9.94. The second-order valence-electron chi connectivity index (χ2n) is 6.05. The molecule has 1 aromatic heterocycles. The van der Waals surface area contributed by atoms with Gasteiger partial charge in [-0.3, -0.25) is 9.59 Å². The molecule has 1 aromatic carbocycles. The van der Waals surface area contributed by atoms with Crippen LogP contribution in [-0.2, 0) is 16.0 Å². The van der Waals surface area contributed by atoms with Crippen molar-refractivity contribution >= 4 is 28.2 Å². The molecule has 4 nitrogen and oxygen atoms in total. The molecule has 3 rings (SSSR count). The highest BCUT2D eigenvalue weighted by Gasteiger charge is 2.24. The van der Waals surface area contributed by atoms with Crippen LogP contribution >= 0.6 is 11.3 Å². The van der Waals surface area contributed by atoms with Crippen molar-refractivity contribution in [2.24, 2.45) is 5.92 Å². The number of carbonyl (C=O) groups is 2. The number of rotatable bonds is 5. The maximum absolute atomic E-state index is 12.2. The lowest BCUT2D eigenvalue weighted by Gasteiger charge is -2.13. The van der Waals surface area contributed by atoms with Gasteiger partial charge in [0, 0.05) is 23.9 Å². The Morgan fingerprint density at radius 2 is 2.17 bits per heavy atom. The molecule has 1 heterocycles. The summed E-state index contributed by atoms with van der Waals surface area (Å²) < 4.78 is 0. The highest BCUT2D eigenvalue weighted by Crippen LogP contribution is 2.26. The molecule has 2 atom stereocenters. The molecule has 23 heavy (non-hydrogen) atoms. The fourth-order valence-electron chi connectivity index (χ4n) is 2.98. The first-order valence-electron chi connectivity index (χ1n) is 7.95. The topological polar surface area (TPSA) is 59.1 Å². The summed E-state index contributed by atoms with van der Waals surface area (Å²) in [6.45, 7) is 1.89. The molecular formula is C18H20N2O2S. The zero-order valence-electron chi connectivity index (χ0n) is 13.1. The predicted molar refractivity (Wildman–Crippen MR) is 91.7 cm³/mol. The molecule has 2 aromatic rings. The number of anilines is 1. The fraction of sp³-hybridized carbons (Fsp3) is 0.389. The Morgan fingerprint density at radius 3 is 2.78 bits per heavy atom. The highest BCUT2D eigenvalue weighted by molar-refractivity contribution is 7.13. The van der Waals surface area contributed by atoms with Crippen LogP contribution in [0.15, 0.2) is 35.8 Å². The summed E-state index contributed by atoms with van der Waals surface area (Å²) in [5, 5.41) is 5.28. The Labute approximate surface area is 140 Å². The second kappa shape index (κ2) is 7.04. The van der Waals surface area contributed by atoms with Gasteiger partial charge in [0.2, 0.25) is 5.91 Å². The van der Waals surface area contributed by atoms with Gasteiger partial charge in [0.15, 0.2) is 5.13 Å². The molecule has 1 fully saturated rings. The molecule has 1 amide bonds. The maximum atomic E-state index is 12.2. The Kier molecular flexibility index (Phi) is 4.86. The monoisotopic (exact) mass is 328 g/mol. The normalized spacial score (nSPS) is 18.8. The number of ketones is 1. The van der Waals surface area contributed by atoms with E-state index in [2.05, 4.69) is 10.3 Å². The summed E-state index contributed by atoms with van der Waals surface area (Å²) in [5.74, 6) is 0.288. The third-order valence-corrected chi connectivity index (χ3v) is 5.14. The number of aromatic nitrogens is 1. The average Bonchev–Trinajstić information content (AvgIpc) is 3.20. The van der Waals surface area contributed by atoms with Crippen LogP contribution in [0.25, 0.3) is 0 Å². The third-order valence-electron chi connectivity index (χ3n) is 4.45. The minimum absolute atomic E-state index is 0.0568. The zero-order valence-corrected chi connectivity index (χ0v) is 13.9. The molecule has 0 aliphatic heterocycles. The van der Waals surface area contributed by atoms with Crippen LogP contribution in [0.1, 0.15) is 43.2 Å². The van der Waals surface area contributed by atoms with Gasteiger partial charge in [0.25, 0.3) is 0 Å². The third kappa shape index (κ3) is 3.85. The van der Waals surface area contributed by atoms with Gasteiger partial charge in [-0.25, -0.2) is 4.98 Å². The number of hydrogen-bond donors (Lipinski definition) is 1. The molecule has 0 bridgehead atoms. The van der Waals surface area contributed by atoms with E-state index >= 15 is 0 Å². The Hall–Kier alpha value is -2.01. The molecule has 0 saturated heterocycles. The number of thiazole rings is 1. The van der Waals surface area contributed by atoms with Crippen molar-refractivity contribution in [1.29, 1.82) is 0 Å². The van der Waals surface area contributed by atoms with Crippen LogP contribution in [0.3, 0.4) is 0 Å². The number of benzene rings is 1. The van der Waals surface area contributed by atoms with Crippen LogP contribution < -0.4 is 5.32 Å². The van der Waals surface area contributed by atoms with E-state index in [1.807, 2.05) is 36.6 Å². The first-order chi connectivity index (χ1) is 11.1. The number of Topliss-reactive ketones (excluding diaryl/α,β-unsaturated/α-hetero) is 1. The lowest BCUT2D eigenvalue weighted by Crippen LogP contribution is -2.18. The van der Waals surface area contributed by atoms with E-state index in [0.29, 0.717) is 10.9 Å². The van der Waals surface area contributed by atoms with Crippen LogP contribution in [0.2, 0.25) is 0 Å². The van der Waals surface area contributed by atoms with Crippen LogP contribution in [0.4, 0.5) is 5.13 Å². The maximum Gasteiger partial charge on any atom is 0.233 e. The van der Waals surface area contributed by atoms with E-state index in [4.69, 9.17) is 0 Å². The molecule has 5 heteroatoms. The smallest absolute Gasteiger partial charge is 0.233 e. The summed E-state index contributed by atoms with van der Waals surface area (Å²) in [4.78, 5) is 28.0. The Balaban J connectivity index is 1.61. The van der Waals surface area contributed by atoms with E-state index in [1.54, 1.807) is 6.20 Å². The van der Waals surface area contributed by atoms with Gasteiger partial charge in [-0.1, -0.05) is 24.3 Å². The summed E-state index contributed by atoms with van der Waals surface area (Å²) >= 11 is 1.41. The van der Waals surface area contributed by atoms with Crippen molar-refractivity contribution in [1.82, 2.24) is 4.98 Å². The molecule has 1 aliphatic carbocycles. The minimum atomic E-state index is -0.235. The summed E-state index contributed by atoms with van der Waals surface area (Å²) in [5.41, 5.74) is 2.14. The highest BCUT2D eigenvalue weighted by atomic mass is 32.1. The molecule has 0 radical (unpaired) electrons. The van der Waals surface area contributed by atoms with Crippen molar-refractivity contribution in [3.05, 3.63) is 47.0 Å². The SMILES string of the molecule is C[C@@H](C(=O)Nc1nccs1)c1ccc(C[C@H]2CCCC2=O)cc1. The number of carbonyl (C=O) groups excluding carboxylic acids is 2. The molecule has 120 valence electrons. The summed E-state index contributed by atoms with van der Waals surface area (Å²) in [6.07, 6.45) is 5.25. The number of nitrogens with one attached hydrogen (secondary N) is 1. The number of hydrogen-bond acceptors (Lipinski definition) is 4. The van der Waals surface area contributed by atoms with Gasteiger partial charge in [0.1, 0.15) is 5.78 Å². The largest absolute Gasteiger partial charge is 0.301 e. The van der Waals surface area contributed by atoms with Gasteiger partial charge in [-0.05, 0) is 37.3 Å². The molecule has 0 spiro atoms. The van der Waals surface area contributed by atoms with E-state index in [-0.39, 0.29) is 17.7 Å². The van der Waals surface area contributed by atoms with Crippen LogP contribution in [-0.4, -0.2) is 16.7 Å². The summed E-state index contributed by atoms with van der Waals surface area (Å²) in [6, 6.07) is 8.05. The lowest BCUT2D eigenvalue weighted by molar-refractivity contribution is -0.120. The van der Waals surface area contributed by atoms with Gasteiger partial charge in [-0.2, -0.15) is 0 Å². The van der Waals surface area contributed by atoms with Crippen LogP contribution in [0, 0.1) is 5.92 Å². The van der Waals surface area contributed by atoms with Crippen molar-refractivity contribution in [2.45, 2.75) is 38.5 Å². The number of nitrogens with zero attached hydrogens (tertiary/aromatic N) is 1. The fourth-order valence-corrected chi connectivity index (χ4v) is 3.51. The van der Waals surface area contributed by atoms with E-state index in [1.165, 1.54) is 16.9 Å². The van der Waals surface area contributed by atoms with Crippen molar-refractivity contribution in [2.75, 3.05) is 5.32 Å². The average molecular weight is 328 g/mol. The van der Waals surface area contributed by atoms with Gasteiger partial charge in [-0.15, -0.1) is 11.3 Å². The predicted octanol–water partition coefficient (Wildman–Crippen LogP) is 3.80. The first-order valence-corrected chi connectivity index (χ1v) is 8.83. The van der Waals surface area contributed by atoms with E-state index in [9.17, 15) is 9.59 Å². The van der Waals surface area contributed by atoms with Gasteiger partial charge < -0.3 is 5.32 Å². The van der Waals surface area contributed by atoms with E-state index < -0.39 is 0 Å². The van der Waals surface area contributed by atoms with Crippen molar-refractivity contribution in [3.63, 3.8) is 0 Å². The molecule has 1 saturated carbocycles. The quantitative estimate of drug-likeness (QED) is 0.908. The Bertz CT molecular complexity index is 680. The standard InChI is InChI=1S/C18H20N2O2S/c1-12(17(22)20-18-19-9-10-23-18)14-7-5-13(6-8-14)11-15-3-2-4-16(15)21/h5-10,12,15H,2-4,11H2,1H3,(H,19,20,22)/t12-,15-/m1/s1. The number of amides is 1. The molecular weight excluding hydrogens is 308 g/mol. The van der Waals surface area contributed by atoms with Crippen LogP contribution in [0.5, 0.6) is 0 Å². The van der Waals surface area contributed by atoms with Crippen molar-refractivity contribution in [3.8, 4) is 0 Å².